The third kappa shape index (κ3) is 2.12. The molecule has 1 aromatic heterocycles. The molecule has 2 aliphatic rings. The molecule has 98 valence electrons. The van der Waals surface area contributed by atoms with E-state index in [1.54, 1.807) is 11.0 Å². The predicted octanol–water partition coefficient (Wildman–Crippen LogP) is -0.103. The molecule has 1 aliphatic carbocycles. The van der Waals surface area contributed by atoms with Crippen molar-refractivity contribution in [2.24, 2.45) is 11.8 Å². The van der Waals surface area contributed by atoms with E-state index in [1.165, 1.54) is 6.33 Å². The molecule has 0 spiro atoms. The van der Waals surface area contributed by atoms with Gasteiger partial charge in [-0.1, -0.05) is 0 Å². The van der Waals surface area contributed by atoms with E-state index >= 15 is 0 Å². The van der Waals surface area contributed by atoms with Crippen molar-refractivity contribution >= 4 is 5.91 Å². The maximum absolute atomic E-state index is 12.1. The molecule has 2 fully saturated rings. The van der Waals surface area contributed by atoms with Gasteiger partial charge in [0.05, 0.1) is 12.6 Å². The first-order chi connectivity index (χ1) is 8.74. The maximum Gasteiger partial charge on any atom is 0.224 e. The van der Waals surface area contributed by atoms with Gasteiger partial charge in [0.1, 0.15) is 12.7 Å². The predicted molar refractivity (Wildman–Crippen MR) is 63.4 cm³/mol. The molecule has 0 radical (unpaired) electrons. The van der Waals surface area contributed by atoms with Gasteiger partial charge in [-0.15, -0.1) is 0 Å². The van der Waals surface area contributed by atoms with Crippen LogP contribution >= 0.6 is 0 Å². The average Bonchev–Trinajstić information content (AvgIpc) is 3.05. The number of rotatable bonds is 3. The monoisotopic (exact) mass is 250 g/mol. The number of aromatic nitrogens is 3. The first kappa shape index (κ1) is 11.6. The molecular weight excluding hydrogens is 232 g/mol. The molecule has 3 rings (SSSR count). The summed E-state index contributed by atoms with van der Waals surface area (Å²) in [5, 5.41) is 13.8. The number of carbonyl (C=O) groups excluding carboxylic acids is 1. The minimum absolute atomic E-state index is 0.159. The summed E-state index contributed by atoms with van der Waals surface area (Å²) in [5.74, 6) is 0.975. The number of amides is 1. The molecule has 1 amide bonds. The lowest BCUT2D eigenvalue weighted by atomic mass is 10.00. The molecule has 6 heteroatoms. The summed E-state index contributed by atoms with van der Waals surface area (Å²) < 4.78 is 1.67. The van der Waals surface area contributed by atoms with Crippen molar-refractivity contribution in [2.75, 3.05) is 13.1 Å². The molecule has 1 aliphatic heterocycles. The van der Waals surface area contributed by atoms with Crippen LogP contribution in [0.1, 0.15) is 19.3 Å². The van der Waals surface area contributed by atoms with E-state index in [4.69, 9.17) is 0 Å². The average molecular weight is 250 g/mol. The van der Waals surface area contributed by atoms with E-state index in [0.717, 1.165) is 25.9 Å². The van der Waals surface area contributed by atoms with Crippen LogP contribution in [0.15, 0.2) is 12.7 Å². The Labute approximate surface area is 106 Å². The van der Waals surface area contributed by atoms with Gasteiger partial charge in [-0.05, 0) is 18.8 Å². The second-order valence-corrected chi connectivity index (χ2v) is 5.28. The highest BCUT2D eigenvalue weighted by Gasteiger charge is 2.42. The van der Waals surface area contributed by atoms with Gasteiger partial charge >= 0.3 is 0 Å². The van der Waals surface area contributed by atoms with Gasteiger partial charge in [0.25, 0.3) is 0 Å². The molecule has 6 nitrogen and oxygen atoms in total. The summed E-state index contributed by atoms with van der Waals surface area (Å²) in [6, 6.07) is 0. The highest BCUT2D eigenvalue weighted by Crippen LogP contribution is 2.38. The van der Waals surface area contributed by atoms with Gasteiger partial charge in [0.2, 0.25) is 5.91 Å². The number of likely N-dealkylation sites (tertiary alicyclic amines) is 1. The number of aryl methyl sites for hydroxylation is 1. The number of fused-ring (bicyclic) bond motifs is 1. The van der Waals surface area contributed by atoms with Gasteiger partial charge in [-0.3, -0.25) is 9.48 Å². The van der Waals surface area contributed by atoms with Crippen LogP contribution in [-0.2, 0) is 11.3 Å². The Bertz CT molecular complexity index is 420. The zero-order valence-electron chi connectivity index (χ0n) is 10.3. The minimum atomic E-state index is -0.205. The van der Waals surface area contributed by atoms with Crippen molar-refractivity contribution in [1.82, 2.24) is 19.7 Å². The van der Waals surface area contributed by atoms with Gasteiger partial charge < -0.3 is 10.0 Å². The Kier molecular flexibility index (Phi) is 3.03. The molecule has 0 aromatic carbocycles. The number of aliphatic hydroxyl groups excluding tert-OH is 1. The van der Waals surface area contributed by atoms with Crippen LogP contribution in [-0.4, -0.2) is 49.9 Å². The summed E-state index contributed by atoms with van der Waals surface area (Å²) in [6.07, 6.45) is 5.30. The normalized spacial score (nSPS) is 30.7. The smallest absolute Gasteiger partial charge is 0.224 e. The first-order valence-corrected chi connectivity index (χ1v) is 6.52. The summed E-state index contributed by atoms with van der Waals surface area (Å²) in [4.78, 5) is 17.8. The number of nitrogens with zero attached hydrogens (tertiary/aromatic N) is 4. The maximum atomic E-state index is 12.1. The topological polar surface area (TPSA) is 71.2 Å². The third-order valence-corrected chi connectivity index (χ3v) is 4.19. The van der Waals surface area contributed by atoms with E-state index in [9.17, 15) is 9.90 Å². The molecular formula is C12H18N4O2. The van der Waals surface area contributed by atoms with E-state index in [0.29, 0.717) is 24.8 Å². The number of aliphatic hydroxyl groups is 1. The van der Waals surface area contributed by atoms with E-state index in [1.807, 2.05) is 4.90 Å². The van der Waals surface area contributed by atoms with Crippen molar-refractivity contribution in [1.29, 1.82) is 0 Å². The summed E-state index contributed by atoms with van der Waals surface area (Å²) in [5.41, 5.74) is 0. The molecule has 1 N–H and O–H groups in total. The van der Waals surface area contributed by atoms with Crippen LogP contribution in [0.4, 0.5) is 0 Å². The molecule has 2 heterocycles. The lowest BCUT2D eigenvalue weighted by Gasteiger charge is -2.18. The zero-order chi connectivity index (χ0) is 12.5. The van der Waals surface area contributed by atoms with Gasteiger partial charge in [-0.2, -0.15) is 5.10 Å². The molecule has 3 unspecified atom stereocenters. The Morgan fingerprint density at radius 3 is 3.00 bits per heavy atom. The second kappa shape index (κ2) is 4.68. The van der Waals surface area contributed by atoms with E-state index in [2.05, 4.69) is 10.1 Å². The quantitative estimate of drug-likeness (QED) is 0.813. The van der Waals surface area contributed by atoms with Crippen LogP contribution in [0.5, 0.6) is 0 Å². The molecule has 0 bridgehead atoms. The number of carbonyl (C=O) groups is 1. The highest BCUT2D eigenvalue weighted by atomic mass is 16.3. The second-order valence-electron chi connectivity index (χ2n) is 5.28. The molecule has 3 atom stereocenters. The first-order valence-electron chi connectivity index (χ1n) is 6.52. The third-order valence-electron chi connectivity index (χ3n) is 4.19. The number of hydrogen-bond donors (Lipinski definition) is 1. The highest BCUT2D eigenvalue weighted by molar-refractivity contribution is 5.76. The van der Waals surface area contributed by atoms with E-state index in [-0.39, 0.29) is 12.0 Å². The van der Waals surface area contributed by atoms with Crippen LogP contribution < -0.4 is 0 Å². The van der Waals surface area contributed by atoms with Crippen LogP contribution in [0.25, 0.3) is 0 Å². The fourth-order valence-electron chi connectivity index (χ4n) is 3.16. The number of hydrogen-bond acceptors (Lipinski definition) is 4. The van der Waals surface area contributed by atoms with Gasteiger partial charge in [0.15, 0.2) is 0 Å². The fraction of sp³-hybridized carbons (Fsp3) is 0.750. The zero-order valence-corrected chi connectivity index (χ0v) is 10.3. The van der Waals surface area contributed by atoms with Crippen molar-refractivity contribution in [3.8, 4) is 0 Å². The summed E-state index contributed by atoms with van der Waals surface area (Å²) >= 11 is 0. The molecule has 1 saturated heterocycles. The lowest BCUT2D eigenvalue weighted by molar-refractivity contribution is -0.130. The molecule has 18 heavy (non-hydrogen) atoms. The van der Waals surface area contributed by atoms with Crippen molar-refractivity contribution in [3.05, 3.63) is 12.7 Å². The SMILES string of the molecule is O=C(CCn1cncn1)N1CC2CCC(O)C2C1. The van der Waals surface area contributed by atoms with Gasteiger partial charge in [-0.25, -0.2) is 4.98 Å². The van der Waals surface area contributed by atoms with Crippen molar-refractivity contribution < 1.29 is 9.90 Å². The Balaban J connectivity index is 1.52. The van der Waals surface area contributed by atoms with Gasteiger partial charge in [0, 0.05) is 25.4 Å². The summed E-state index contributed by atoms with van der Waals surface area (Å²) in [7, 11) is 0. The van der Waals surface area contributed by atoms with Crippen LogP contribution in [0.3, 0.4) is 0 Å². The minimum Gasteiger partial charge on any atom is -0.393 e. The van der Waals surface area contributed by atoms with Crippen molar-refractivity contribution in [2.45, 2.75) is 31.9 Å². The molecule has 1 saturated carbocycles. The molecule has 1 aromatic rings. The summed E-state index contributed by atoms with van der Waals surface area (Å²) in [6.45, 7) is 2.12. The standard InChI is InChI=1S/C12H18N4O2/c17-11-2-1-9-5-15(6-10(9)11)12(18)3-4-16-8-13-7-14-16/h7-11,17H,1-6H2. The Morgan fingerprint density at radius 1 is 1.39 bits per heavy atom. The Morgan fingerprint density at radius 2 is 2.28 bits per heavy atom. The van der Waals surface area contributed by atoms with E-state index < -0.39 is 0 Å². The lowest BCUT2D eigenvalue weighted by Crippen LogP contribution is -2.31. The Hall–Kier alpha value is -1.43. The van der Waals surface area contributed by atoms with Crippen LogP contribution in [0.2, 0.25) is 0 Å². The fourth-order valence-corrected chi connectivity index (χ4v) is 3.16. The van der Waals surface area contributed by atoms with Crippen LogP contribution in [0, 0.1) is 11.8 Å². The largest absolute Gasteiger partial charge is 0.393 e. The van der Waals surface area contributed by atoms with Crippen molar-refractivity contribution in [3.63, 3.8) is 0 Å².